The van der Waals surface area contributed by atoms with Gasteiger partial charge < -0.3 is 16.2 Å². The molecular weight excluding hydrogens is 204 g/mol. The maximum absolute atomic E-state index is 11.4. The molecule has 0 heterocycles. The smallest absolute Gasteiger partial charge is 0.220 e. The largest absolute Gasteiger partial charge is 0.399 e. The molecule has 0 aromatic heterocycles. The van der Waals surface area contributed by atoms with E-state index in [1.54, 1.807) is 6.92 Å². The summed E-state index contributed by atoms with van der Waals surface area (Å²) in [5, 5.41) is 11.5. The zero-order valence-electron chi connectivity index (χ0n) is 9.44. The molecular formula is C12H18N2O2. The third kappa shape index (κ3) is 4.31. The average molecular weight is 222 g/mol. The molecule has 1 amide bonds. The van der Waals surface area contributed by atoms with Crippen molar-refractivity contribution >= 4 is 11.6 Å². The van der Waals surface area contributed by atoms with Gasteiger partial charge in [-0.3, -0.25) is 4.79 Å². The molecule has 0 unspecified atom stereocenters. The number of nitrogen functional groups attached to an aromatic ring is 1. The maximum atomic E-state index is 11.4. The van der Waals surface area contributed by atoms with Gasteiger partial charge >= 0.3 is 0 Å². The molecule has 1 aromatic rings. The van der Waals surface area contributed by atoms with Crippen LogP contribution < -0.4 is 11.1 Å². The molecule has 0 radical (unpaired) electrons. The van der Waals surface area contributed by atoms with Gasteiger partial charge in [-0.2, -0.15) is 0 Å². The monoisotopic (exact) mass is 222 g/mol. The number of anilines is 1. The zero-order valence-corrected chi connectivity index (χ0v) is 9.44. The van der Waals surface area contributed by atoms with Crippen molar-refractivity contribution in [3.05, 3.63) is 29.8 Å². The Hall–Kier alpha value is -1.55. The summed E-state index contributed by atoms with van der Waals surface area (Å²) in [6.07, 6.45) is 1.11. The van der Waals surface area contributed by atoms with Crippen LogP contribution in [-0.4, -0.2) is 23.7 Å². The molecule has 1 atom stereocenters. The van der Waals surface area contributed by atoms with Crippen molar-refractivity contribution < 1.29 is 9.90 Å². The number of hydrogen-bond acceptors (Lipinski definition) is 3. The van der Waals surface area contributed by atoms with E-state index in [1.807, 2.05) is 24.3 Å². The van der Waals surface area contributed by atoms with Crippen molar-refractivity contribution in [3.63, 3.8) is 0 Å². The van der Waals surface area contributed by atoms with Gasteiger partial charge in [-0.05, 0) is 31.0 Å². The minimum Gasteiger partial charge on any atom is -0.399 e. The Morgan fingerprint density at radius 2 is 2.06 bits per heavy atom. The van der Waals surface area contributed by atoms with Gasteiger partial charge in [0.2, 0.25) is 5.91 Å². The van der Waals surface area contributed by atoms with Crippen LogP contribution in [0.3, 0.4) is 0 Å². The quantitative estimate of drug-likeness (QED) is 0.642. The highest BCUT2D eigenvalue weighted by Gasteiger charge is 2.05. The molecule has 1 rings (SSSR count). The van der Waals surface area contributed by atoms with Crippen molar-refractivity contribution in [2.75, 3.05) is 12.3 Å². The number of aliphatic hydroxyl groups excluding tert-OH is 1. The molecule has 16 heavy (non-hydrogen) atoms. The molecule has 0 saturated carbocycles. The van der Waals surface area contributed by atoms with Crippen LogP contribution in [0.2, 0.25) is 0 Å². The summed E-state index contributed by atoms with van der Waals surface area (Å²) in [6.45, 7) is 1.73. The first kappa shape index (κ1) is 12.5. The van der Waals surface area contributed by atoms with Crippen LogP contribution in [0.1, 0.15) is 18.9 Å². The van der Waals surface area contributed by atoms with Gasteiger partial charge in [0.15, 0.2) is 0 Å². The van der Waals surface area contributed by atoms with E-state index in [-0.39, 0.29) is 18.6 Å². The molecule has 4 heteroatoms. The first-order valence-corrected chi connectivity index (χ1v) is 5.36. The van der Waals surface area contributed by atoms with E-state index in [0.29, 0.717) is 12.8 Å². The number of nitrogens with one attached hydrogen (secondary N) is 1. The lowest BCUT2D eigenvalue weighted by Crippen LogP contribution is -2.35. The molecule has 0 aliphatic carbocycles. The molecule has 0 aliphatic rings. The van der Waals surface area contributed by atoms with Crippen LogP contribution in [0.15, 0.2) is 24.3 Å². The molecule has 0 spiro atoms. The number of aliphatic hydroxyl groups is 1. The van der Waals surface area contributed by atoms with Gasteiger partial charge in [0.25, 0.3) is 0 Å². The Labute approximate surface area is 95.5 Å². The summed E-state index contributed by atoms with van der Waals surface area (Å²) in [6, 6.07) is 7.29. The van der Waals surface area contributed by atoms with Crippen molar-refractivity contribution in [2.24, 2.45) is 0 Å². The van der Waals surface area contributed by atoms with E-state index in [9.17, 15) is 4.79 Å². The number of carbonyl (C=O) groups is 1. The second-order valence-electron chi connectivity index (χ2n) is 3.89. The van der Waals surface area contributed by atoms with Crippen LogP contribution in [0.5, 0.6) is 0 Å². The topological polar surface area (TPSA) is 75.3 Å². The minimum absolute atomic E-state index is 0.0341. The van der Waals surface area contributed by atoms with Crippen molar-refractivity contribution in [3.8, 4) is 0 Å². The molecule has 0 saturated heterocycles. The van der Waals surface area contributed by atoms with Crippen LogP contribution in [-0.2, 0) is 11.2 Å². The molecule has 1 aromatic carbocycles. The minimum atomic E-state index is -0.182. The normalized spacial score (nSPS) is 12.1. The Bertz CT molecular complexity index is 335. The van der Waals surface area contributed by atoms with Crippen LogP contribution in [0.25, 0.3) is 0 Å². The fraction of sp³-hybridized carbons (Fsp3) is 0.417. The summed E-state index contributed by atoms with van der Waals surface area (Å²) in [4.78, 5) is 11.4. The van der Waals surface area contributed by atoms with Gasteiger partial charge in [0, 0.05) is 18.2 Å². The van der Waals surface area contributed by atoms with Gasteiger partial charge in [-0.15, -0.1) is 0 Å². The Balaban J connectivity index is 2.34. The number of amides is 1. The fourth-order valence-electron chi connectivity index (χ4n) is 1.33. The van der Waals surface area contributed by atoms with Gasteiger partial charge in [-0.25, -0.2) is 0 Å². The highest BCUT2D eigenvalue weighted by molar-refractivity contribution is 5.76. The van der Waals surface area contributed by atoms with E-state index < -0.39 is 0 Å². The summed E-state index contributed by atoms with van der Waals surface area (Å²) < 4.78 is 0. The second-order valence-corrected chi connectivity index (χ2v) is 3.89. The lowest BCUT2D eigenvalue weighted by atomic mass is 10.1. The van der Waals surface area contributed by atoms with Crippen LogP contribution in [0, 0.1) is 0 Å². The Morgan fingerprint density at radius 1 is 1.44 bits per heavy atom. The summed E-state index contributed by atoms with van der Waals surface area (Å²) in [5.74, 6) is -0.0432. The maximum Gasteiger partial charge on any atom is 0.220 e. The average Bonchev–Trinajstić information content (AvgIpc) is 2.28. The summed E-state index contributed by atoms with van der Waals surface area (Å²) in [7, 11) is 0. The third-order valence-electron chi connectivity index (χ3n) is 2.30. The molecule has 0 aliphatic heterocycles. The standard InChI is InChI=1S/C12H18N2O2/c1-9(8-15)14-12(16)7-4-10-2-5-11(13)6-3-10/h2-3,5-6,9,15H,4,7-8,13H2,1H3,(H,14,16)/t9-/m0/s1. The summed E-state index contributed by atoms with van der Waals surface area (Å²) >= 11 is 0. The first-order chi connectivity index (χ1) is 7.61. The third-order valence-corrected chi connectivity index (χ3v) is 2.30. The van der Waals surface area contributed by atoms with Gasteiger partial charge in [-0.1, -0.05) is 12.1 Å². The lowest BCUT2D eigenvalue weighted by molar-refractivity contribution is -0.121. The SMILES string of the molecule is C[C@@H](CO)NC(=O)CCc1ccc(N)cc1. The van der Waals surface area contributed by atoms with E-state index in [0.717, 1.165) is 11.3 Å². The van der Waals surface area contributed by atoms with E-state index in [2.05, 4.69) is 5.32 Å². The Kier molecular flexibility index (Phi) is 4.79. The molecule has 0 fully saturated rings. The number of benzene rings is 1. The molecule has 0 bridgehead atoms. The van der Waals surface area contributed by atoms with Crippen LogP contribution >= 0.6 is 0 Å². The fourth-order valence-corrected chi connectivity index (χ4v) is 1.33. The summed E-state index contributed by atoms with van der Waals surface area (Å²) in [5.41, 5.74) is 7.37. The lowest BCUT2D eigenvalue weighted by Gasteiger charge is -2.10. The Morgan fingerprint density at radius 3 is 2.62 bits per heavy atom. The number of hydrogen-bond donors (Lipinski definition) is 3. The van der Waals surface area contributed by atoms with Crippen molar-refractivity contribution in [2.45, 2.75) is 25.8 Å². The second kappa shape index (κ2) is 6.12. The van der Waals surface area contributed by atoms with E-state index in [4.69, 9.17) is 10.8 Å². The highest BCUT2D eigenvalue weighted by Crippen LogP contribution is 2.07. The van der Waals surface area contributed by atoms with Crippen molar-refractivity contribution in [1.29, 1.82) is 0 Å². The van der Waals surface area contributed by atoms with E-state index >= 15 is 0 Å². The van der Waals surface area contributed by atoms with Crippen molar-refractivity contribution in [1.82, 2.24) is 5.32 Å². The molecule has 4 nitrogen and oxygen atoms in total. The predicted octanol–water partition coefficient (Wildman–Crippen LogP) is 0.698. The van der Waals surface area contributed by atoms with Gasteiger partial charge in [0.05, 0.1) is 6.61 Å². The highest BCUT2D eigenvalue weighted by atomic mass is 16.3. The number of nitrogens with two attached hydrogens (primary N) is 1. The number of rotatable bonds is 5. The first-order valence-electron chi connectivity index (χ1n) is 5.36. The predicted molar refractivity (Wildman–Crippen MR) is 63.9 cm³/mol. The van der Waals surface area contributed by atoms with Gasteiger partial charge in [0.1, 0.15) is 0 Å². The van der Waals surface area contributed by atoms with Crippen LogP contribution in [0.4, 0.5) is 5.69 Å². The number of aryl methyl sites for hydroxylation is 1. The molecule has 88 valence electrons. The number of carbonyl (C=O) groups excluding carboxylic acids is 1. The van der Waals surface area contributed by atoms with E-state index in [1.165, 1.54) is 0 Å². The zero-order chi connectivity index (χ0) is 12.0. The molecule has 4 N–H and O–H groups in total.